The molecule has 0 bridgehead atoms. The number of hydrogen-bond donors (Lipinski definition) is 1. The standard InChI is InChI=1S/C14H13Cl2N3/c1-2-14-13(18)6-11(7-17)19(14)8-9-3-4-10(15)5-12(9)16/h3-6H,2,8,18H2,1H3. The summed E-state index contributed by atoms with van der Waals surface area (Å²) in [5, 5.41) is 10.3. The molecule has 0 fully saturated rings. The van der Waals surface area contributed by atoms with Crippen molar-refractivity contribution in [2.45, 2.75) is 19.9 Å². The van der Waals surface area contributed by atoms with Gasteiger partial charge in [-0.1, -0.05) is 36.2 Å². The Morgan fingerprint density at radius 1 is 1.32 bits per heavy atom. The molecule has 0 saturated carbocycles. The summed E-state index contributed by atoms with van der Waals surface area (Å²) < 4.78 is 1.89. The molecule has 0 saturated heterocycles. The lowest BCUT2D eigenvalue weighted by Gasteiger charge is -2.11. The number of benzene rings is 1. The molecule has 0 aliphatic carbocycles. The Morgan fingerprint density at radius 2 is 2.05 bits per heavy atom. The first-order chi connectivity index (χ1) is 9.06. The van der Waals surface area contributed by atoms with Gasteiger partial charge in [0.1, 0.15) is 11.8 Å². The average molecular weight is 294 g/mol. The average Bonchev–Trinajstić information content (AvgIpc) is 2.68. The summed E-state index contributed by atoms with van der Waals surface area (Å²) in [5.74, 6) is 0. The van der Waals surface area contributed by atoms with Gasteiger partial charge in [-0.15, -0.1) is 0 Å². The highest BCUT2D eigenvalue weighted by Crippen LogP contribution is 2.25. The molecule has 0 unspecified atom stereocenters. The minimum Gasteiger partial charge on any atom is -0.397 e. The second kappa shape index (κ2) is 5.56. The van der Waals surface area contributed by atoms with E-state index in [1.54, 1.807) is 18.2 Å². The zero-order valence-electron chi connectivity index (χ0n) is 10.5. The molecule has 0 atom stereocenters. The molecule has 2 N–H and O–H groups in total. The Labute approximate surface area is 122 Å². The van der Waals surface area contributed by atoms with Gasteiger partial charge in [0.2, 0.25) is 0 Å². The number of rotatable bonds is 3. The number of aromatic nitrogens is 1. The van der Waals surface area contributed by atoms with Crippen LogP contribution in [0.25, 0.3) is 0 Å². The Bertz CT molecular complexity index is 653. The van der Waals surface area contributed by atoms with Gasteiger partial charge in [0.15, 0.2) is 0 Å². The highest BCUT2D eigenvalue weighted by Gasteiger charge is 2.13. The van der Waals surface area contributed by atoms with Crippen LogP contribution in [-0.4, -0.2) is 4.57 Å². The van der Waals surface area contributed by atoms with Gasteiger partial charge in [0.25, 0.3) is 0 Å². The molecule has 5 heteroatoms. The molecule has 0 spiro atoms. The van der Waals surface area contributed by atoms with Gasteiger partial charge < -0.3 is 10.3 Å². The van der Waals surface area contributed by atoms with Gasteiger partial charge in [-0.05, 0) is 30.2 Å². The second-order valence-electron chi connectivity index (χ2n) is 4.22. The van der Waals surface area contributed by atoms with E-state index < -0.39 is 0 Å². The van der Waals surface area contributed by atoms with E-state index >= 15 is 0 Å². The summed E-state index contributed by atoms with van der Waals surface area (Å²) in [5.41, 5.74) is 8.96. The maximum Gasteiger partial charge on any atom is 0.122 e. The second-order valence-corrected chi connectivity index (χ2v) is 5.06. The summed E-state index contributed by atoms with van der Waals surface area (Å²) in [7, 11) is 0. The summed E-state index contributed by atoms with van der Waals surface area (Å²) in [4.78, 5) is 0. The molecule has 19 heavy (non-hydrogen) atoms. The highest BCUT2D eigenvalue weighted by molar-refractivity contribution is 6.35. The van der Waals surface area contributed by atoms with Crippen LogP contribution in [0.5, 0.6) is 0 Å². The Balaban J connectivity index is 2.46. The van der Waals surface area contributed by atoms with Crippen LogP contribution in [0.1, 0.15) is 23.9 Å². The number of nitrogens with zero attached hydrogens (tertiary/aromatic N) is 2. The Hall–Kier alpha value is -1.63. The van der Waals surface area contributed by atoms with Crippen LogP contribution in [-0.2, 0) is 13.0 Å². The van der Waals surface area contributed by atoms with Gasteiger partial charge >= 0.3 is 0 Å². The van der Waals surface area contributed by atoms with E-state index in [2.05, 4.69) is 6.07 Å². The van der Waals surface area contributed by atoms with E-state index in [9.17, 15) is 0 Å². The fourth-order valence-electron chi connectivity index (χ4n) is 2.10. The Morgan fingerprint density at radius 3 is 2.63 bits per heavy atom. The first-order valence-electron chi connectivity index (χ1n) is 5.88. The van der Waals surface area contributed by atoms with Crippen molar-refractivity contribution in [3.8, 4) is 6.07 Å². The molecular formula is C14H13Cl2N3. The molecular weight excluding hydrogens is 281 g/mol. The third kappa shape index (κ3) is 2.70. The molecule has 0 radical (unpaired) electrons. The van der Waals surface area contributed by atoms with Crippen LogP contribution >= 0.6 is 23.2 Å². The lowest BCUT2D eigenvalue weighted by Crippen LogP contribution is -2.07. The summed E-state index contributed by atoms with van der Waals surface area (Å²) in [6.07, 6.45) is 0.763. The maximum atomic E-state index is 9.16. The highest BCUT2D eigenvalue weighted by atomic mass is 35.5. The quantitative estimate of drug-likeness (QED) is 0.934. The van der Waals surface area contributed by atoms with Crippen molar-refractivity contribution in [2.75, 3.05) is 5.73 Å². The number of halogens is 2. The minimum atomic E-state index is 0.513. The number of anilines is 1. The lowest BCUT2D eigenvalue weighted by atomic mass is 10.2. The van der Waals surface area contributed by atoms with E-state index in [-0.39, 0.29) is 0 Å². The molecule has 1 aromatic carbocycles. The van der Waals surface area contributed by atoms with Crippen LogP contribution in [0.15, 0.2) is 24.3 Å². The topological polar surface area (TPSA) is 54.7 Å². The van der Waals surface area contributed by atoms with Crippen LogP contribution in [0.4, 0.5) is 5.69 Å². The molecule has 3 nitrogen and oxygen atoms in total. The zero-order chi connectivity index (χ0) is 14.0. The first-order valence-corrected chi connectivity index (χ1v) is 6.64. The zero-order valence-corrected chi connectivity index (χ0v) is 12.0. The summed E-state index contributed by atoms with van der Waals surface area (Å²) in [6.45, 7) is 2.52. The normalized spacial score (nSPS) is 10.4. The number of nitrogen functional groups attached to an aromatic ring is 1. The van der Waals surface area contributed by atoms with E-state index in [0.29, 0.717) is 28.0 Å². The Kier molecular flexibility index (Phi) is 4.04. The van der Waals surface area contributed by atoms with Crippen LogP contribution in [0, 0.1) is 11.3 Å². The van der Waals surface area contributed by atoms with Crippen molar-refractivity contribution in [1.82, 2.24) is 4.57 Å². The third-order valence-corrected chi connectivity index (χ3v) is 3.62. The van der Waals surface area contributed by atoms with Crippen molar-refractivity contribution in [3.05, 3.63) is 51.3 Å². The van der Waals surface area contributed by atoms with E-state index in [1.165, 1.54) is 0 Å². The summed E-state index contributed by atoms with van der Waals surface area (Å²) in [6, 6.07) is 9.20. The monoisotopic (exact) mass is 293 g/mol. The molecule has 1 aromatic heterocycles. The molecule has 1 heterocycles. The van der Waals surface area contributed by atoms with Crippen molar-refractivity contribution >= 4 is 28.9 Å². The third-order valence-electron chi connectivity index (χ3n) is 3.04. The van der Waals surface area contributed by atoms with Crippen molar-refractivity contribution < 1.29 is 0 Å². The van der Waals surface area contributed by atoms with E-state index in [4.69, 9.17) is 34.2 Å². The van der Waals surface area contributed by atoms with Gasteiger partial charge in [0, 0.05) is 15.7 Å². The predicted octanol–water partition coefficient (Wildman–Crippen LogP) is 3.86. The molecule has 0 aliphatic rings. The van der Waals surface area contributed by atoms with E-state index in [0.717, 1.165) is 17.7 Å². The SMILES string of the molecule is CCc1c(N)cc(C#N)n1Cc1ccc(Cl)cc1Cl. The summed E-state index contributed by atoms with van der Waals surface area (Å²) >= 11 is 12.0. The first kappa shape index (κ1) is 13.8. The molecule has 2 aromatic rings. The largest absolute Gasteiger partial charge is 0.397 e. The maximum absolute atomic E-state index is 9.16. The van der Waals surface area contributed by atoms with Crippen molar-refractivity contribution in [1.29, 1.82) is 5.26 Å². The molecule has 2 rings (SSSR count). The van der Waals surface area contributed by atoms with Gasteiger partial charge in [-0.3, -0.25) is 0 Å². The fourth-order valence-corrected chi connectivity index (χ4v) is 2.57. The lowest BCUT2D eigenvalue weighted by molar-refractivity contribution is 0.743. The van der Waals surface area contributed by atoms with Crippen LogP contribution < -0.4 is 5.73 Å². The van der Waals surface area contributed by atoms with Gasteiger partial charge in [0.05, 0.1) is 12.2 Å². The fraction of sp³-hybridized carbons (Fsp3) is 0.214. The van der Waals surface area contributed by atoms with Gasteiger partial charge in [-0.25, -0.2) is 0 Å². The number of nitrogens with two attached hydrogens (primary N) is 1. The molecule has 98 valence electrons. The number of hydrogen-bond acceptors (Lipinski definition) is 2. The van der Waals surface area contributed by atoms with E-state index in [1.807, 2.05) is 17.6 Å². The molecule has 0 amide bonds. The van der Waals surface area contributed by atoms with Crippen LogP contribution in [0.3, 0.4) is 0 Å². The van der Waals surface area contributed by atoms with Gasteiger partial charge in [-0.2, -0.15) is 5.26 Å². The smallest absolute Gasteiger partial charge is 0.122 e. The number of nitriles is 1. The minimum absolute atomic E-state index is 0.513. The van der Waals surface area contributed by atoms with Crippen molar-refractivity contribution in [2.24, 2.45) is 0 Å². The van der Waals surface area contributed by atoms with Crippen molar-refractivity contribution in [3.63, 3.8) is 0 Å². The predicted molar refractivity (Wildman–Crippen MR) is 78.5 cm³/mol. The molecule has 0 aliphatic heterocycles. The van der Waals surface area contributed by atoms with Crippen LogP contribution in [0.2, 0.25) is 10.0 Å².